The molecule has 1 aromatic carbocycles. The molecule has 0 aromatic heterocycles. The van der Waals surface area contributed by atoms with Crippen LogP contribution in [0.25, 0.3) is 6.08 Å². The summed E-state index contributed by atoms with van der Waals surface area (Å²) in [7, 11) is -3.46. The highest BCUT2D eigenvalue weighted by molar-refractivity contribution is 7.89. The standard InChI is InChI=1S/C21H28N2O3S/c1-15-8-10-23(11-9-15)27(25,26)20-7-6-16-12-18(13-17(16)14-20)21(24)22-19-4-2-3-5-19/h6-7,13-15,19H,2-5,8-12H2,1H3,(H,22,24). The van der Waals surface area contributed by atoms with E-state index in [9.17, 15) is 13.2 Å². The van der Waals surface area contributed by atoms with Crippen molar-refractivity contribution in [2.45, 2.75) is 62.8 Å². The van der Waals surface area contributed by atoms with Gasteiger partial charge in [0.05, 0.1) is 4.90 Å². The van der Waals surface area contributed by atoms with Crippen LogP contribution in [0.1, 0.15) is 56.6 Å². The van der Waals surface area contributed by atoms with Crippen molar-refractivity contribution >= 4 is 22.0 Å². The van der Waals surface area contributed by atoms with Gasteiger partial charge in [-0.05, 0) is 60.9 Å². The van der Waals surface area contributed by atoms with E-state index in [-0.39, 0.29) is 5.91 Å². The lowest BCUT2D eigenvalue weighted by molar-refractivity contribution is -0.118. The third-order valence-electron chi connectivity index (χ3n) is 6.19. The van der Waals surface area contributed by atoms with E-state index in [0.717, 1.165) is 42.4 Å². The molecule has 0 atom stereocenters. The van der Waals surface area contributed by atoms with E-state index < -0.39 is 10.0 Å². The van der Waals surface area contributed by atoms with Crippen molar-refractivity contribution in [1.82, 2.24) is 9.62 Å². The summed E-state index contributed by atoms with van der Waals surface area (Å²) in [6, 6.07) is 5.58. The highest BCUT2D eigenvalue weighted by atomic mass is 32.2. The van der Waals surface area contributed by atoms with E-state index in [0.29, 0.717) is 36.4 Å². The van der Waals surface area contributed by atoms with Crippen molar-refractivity contribution in [3.8, 4) is 0 Å². The van der Waals surface area contributed by atoms with Crippen LogP contribution < -0.4 is 5.32 Å². The van der Waals surface area contributed by atoms with Crippen LogP contribution in [0.15, 0.2) is 28.7 Å². The molecule has 0 bridgehead atoms. The first kappa shape index (κ1) is 18.7. The zero-order chi connectivity index (χ0) is 19.0. The smallest absolute Gasteiger partial charge is 0.247 e. The first-order chi connectivity index (χ1) is 12.9. The summed E-state index contributed by atoms with van der Waals surface area (Å²) < 4.78 is 27.5. The Balaban J connectivity index is 1.51. The Morgan fingerprint density at radius 3 is 2.52 bits per heavy atom. The molecule has 0 radical (unpaired) electrons. The number of carbonyl (C=O) groups excluding carboxylic acids is 1. The van der Waals surface area contributed by atoms with Crippen LogP contribution in [0.5, 0.6) is 0 Å². The van der Waals surface area contributed by atoms with E-state index in [1.807, 2.05) is 12.1 Å². The minimum absolute atomic E-state index is 0.00692. The molecule has 1 saturated heterocycles. The number of nitrogens with one attached hydrogen (secondary N) is 1. The Hall–Kier alpha value is -1.66. The number of hydrogen-bond donors (Lipinski definition) is 1. The summed E-state index contributed by atoms with van der Waals surface area (Å²) in [5, 5.41) is 3.12. The molecule has 1 N–H and O–H groups in total. The second-order valence-corrected chi connectivity index (χ2v) is 10.2. The van der Waals surface area contributed by atoms with Gasteiger partial charge in [0.15, 0.2) is 0 Å². The van der Waals surface area contributed by atoms with Crippen molar-refractivity contribution < 1.29 is 13.2 Å². The number of sulfonamides is 1. The van der Waals surface area contributed by atoms with Gasteiger partial charge in [-0.3, -0.25) is 4.79 Å². The molecule has 1 amide bonds. The topological polar surface area (TPSA) is 66.5 Å². The van der Waals surface area contributed by atoms with E-state index in [4.69, 9.17) is 0 Å². The third-order valence-corrected chi connectivity index (χ3v) is 8.09. The fourth-order valence-electron chi connectivity index (χ4n) is 4.34. The molecule has 2 aliphatic carbocycles. The maximum Gasteiger partial charge on any atom is 0.247 e. The second-order valence-electron chi connectivity index (χ2n) is 8.25. The third kappa shape index (κ3) is 3.83. The zero-order valence-electron chi connectivity index (χ0n) is 15.9. The van der Waals surface area contributed by atoms with Gasteiger partial charge in [0, 0.05) is 31.1 Å². The highest BCUT2D eigenvalue weighted by Crippen LogP contribution is 2.30. The van der Waals surface area contributed by atoms with E-state index in [1.165, 1.54) is 12.8 Å². The predicted octanol–water partition coefficient (Wildman–Crippen LogP) is 3.11. The summed E-state index contributed by atoms with van der Waals surface area (Å²) >= 11 is 0. The van der Waals surface area contributed by atoms with Crippen molar-refractivity contribution in [2.75, 3.05) is 13.1 Å². The SMILES string of the molecule is CC1CCN(S(=O)(=O)c2ccc3c(c2)C=C(C(=O)NC2CCCC2)C3)CC1. The number of fused-ring (bicyclic) bond motifs is 1. The van der Waals surface area contributed by atoms with Gasteiger partial charge in [-0.2, -0.15) is 4.31 Å². The molecule has 5 nitrogen and oxygen atoms in total. The van der Waals surface area contributed by atoms with Gasteiger partial charge >= 0.3 is 0 Å². The highest BCUT2D eigenvalue weighted by Gasteiger charge is 2.29. The quantitative estimate of drug-likeness (QED) is 0.862. The number of nitrogens with zero attached hydrogens (tertiary/aromatic N) is 1. The van der Waals surface area contributed by atoms with Crippen LogP contribution in [0, 0.1) is 5.92 Å². The molecule has 27 heavy (non-hydrogen) atoms. The van der Waals surface area contributed by atoms with Gasteiger partial charge in [-0.25, -0.2) is 8.42 Å². The lowest BCUT2D eigenvalue weighted by Gasteiger charge is -2.29. The predicted molar refractivity (Wildman–Crippen MR) is 106 cm³/mol. The molecule has 1 saturated carbocycles. The van der Waals surface area contributed by atoms with Crippen LogP contribution in [0.2, 0.25) is 0 Å². The summed E-state index contributed by atoms with van der Waals surface area (Å²) in [4.78, 5) is 12.9. The van der Waals surface area contributed by atoms with Crippen LogP contribution in [0.3, 0.4) is 0 Å². The minimum Gasteiger partial charge on any atom is -0.350 e. The Morgan fingerprint density at radius 1 is 1.11 bits per heavy atom. The fraction of sp³-hybridized carbons (Fsp3) is 0.571. The lowest BCUT2D eigenvalue weighted by atomic mass is 10.0. The van der Waals surface area contributed by atoms with Crippen LogP contribution in [-0.2, 0) is 21.2 Å². The van der Waals surface area contributed by atoms with E-state index >= 15 is 0 Å². The number of benzene rings is 1. The van der Waals surface area contributed by atoms with Gasteiger partial charge in [0.2, 0.25) is 15.9 Å². The van der Waals surface area contributed by atoms with Gasteiger partial charge in [-0.15, -0.1) is 0 Å². The van der Waals surface area contributed by atoms with Gasteiger partial charge in [0.25, 0.3) is 0 Å². The summed E-state index contributed by atoms with van der Waals surface area (Å²) in [6.45, 7) is 3.35. The maximum atomic E-state index is 13.0. The summed E-state index contributed by atoms with van der Waals surface area (Å²) in [5.41, 5.74) is 2.62. The second kappa shape index (κ2) is 7.40. The average molecular weight is 389 g/mol. The fourth-order valence-corrected chi connectivity index (χ4v) is 5.85. The molecule has 1 aliphatic heterocycles. The molecule has 0 spiro atoms. The number of amides is 1. The number of carbonyl (C=O) groups is 1. The Bertz CT molecular complexity index is 861. The molecular formula is C21H28N2O3S. The monoisotopic (exact) mass is 388 g/mol. The Labute approximate surface area is 161 Å². The number of piperidine rings is 1. The van der Waals surface area contributed by atoms with E-state index in [1.54, 1.807) is 16.4 Å². The van der Waals surface area contributed by atoms with Crippen molar-refractivity contribution in [2.24, 2.45) is 5.92 Å². The van der Waals surface area contributed by atoms with Gasteiger partial charge in [-0.1, -0.05) is 25.8 Å². The van der Waals surface area contributed by atoms with Crippen LogP contribution in [-0.4, -0.2) is 37.8 Å². The summed E-state index contributed by atoms with van der Waals surface area (Å²) in [6.07, 6.45) is 8.74. The molecule has 146 valence electrons. The molecule has 2 fully saturated rings. The molecule has 4 rings (SSSR count). The molecule has 1 heterocycles. The van der Waals surface area contributed by atoms with Crippen molar-refractivity contribution in [1.29, 1.82) is 0 Å². The normalized spacial score (nSPS) is 21.9. The molecule has 0 unspecified atom stereocenters. The van der Waals surface area contributed by atoms with Crippen LogP contribution in [0.4, 0.5) is 0 Å². The summed E-state index contributed by atoms with van der Waals surface area (Å²) in [5.74, 6) is 0.577. The van der Waals surface area contributed by atoms with E-state index in [2.05, 4.69) is 12.2 Å². The van der Waals surface area contributed by atoms with Crippen molar-refractivity contribution in [3.63, 3.8) is 0 Å². The van der Waals surface area contributed by atoms with Crippen LogP contribution >= 0.6 is 0 Å². The first-order valence-corrected chi connectivity index (χ1v) is 11.5. The zero-order valence-corrected chi connectivity index (χ0v) is 16.7. The maximum absolute atomic E-state index is 13.0. The number of rotatable bonds is 4. The van der Waals surface area contributed by atoms with Gasteiger partial charge in [0.1, 0.15) is 0 Å². The number of hydrogen-bond acceptors (Lipinski definition) is 3. The van der Waals surface area contributed by atoms with Gasteiger partial charge < -0.3 is 5.32 Å². The molecule has 3 aliphatic rings. The average Bonchev–Trinajstić information content (AvgIpc) is 3.30. The lowest BCUT2D eigenvalue weighted by Crippen LogP contribution is -2.37. The minimum atomic E-state index is -3.46. The molecule has 1 aromatic rings. The Morgan fingerprint density at radius 2 is 1.81 bits per heavy atom. The molecular weight excluding hydrogens is 360 g/mol. The largest absolute Gasteiger partial charge is 0.350 e. The first-order valence-electron chi connectivity index (χ1n) is 10.1. The Kier molecular flexibility index (Phi) is 5.12. The molecule has 6 heteroatoms. The van der Waals surface area contributed by atoms with Crippen molar-refractivity contribution in [3.05, 3.63) is 34.9 Å².